The number of amides is 2. The number of aryl methyl sites for hydroxylation is 1. The molecule has 1 aliphatic rings. The lowest BCUT2D eigenvalue weighted by Crippen LogP contribution is -2.47. The standard InChI is InChI=1S/C21H22N2O4S/c1-13-8-10-16(11-9-13)28-15(3)21(26)27-14(2)20(25)23-12-19(24)22-17-6-4-5-7-18(17)23/h4-11,14-15H,12H2,1-3H3,(H,22,24)/t14-,15+/m0/s1. The van der Waals surface area contributed by atoms with Crippen molar-refractivity contribution in [2.75, 3.05) is 16.8 Å². The molecule has 2 aromatic carbocycles. The Morgan fingerprint density at radius 3 is 2.50 bits per heavy atom. The highest BCUT2D eigenvalue weighted by atomic mass is 32.2. The molecule has 28 heavy (non-hydrogen) atoms. The van der Waals surface area contributed by atoms with Crippen molar-refractivity contribution in [1.29, 1.82) is 0 Å². The van der Waals surface area contributed by atoms with Crippen molar-refractivity contribution in [1.82, 2.24) is 0 Å². The van der Waals surface area contributed by atoms with Crippen molar-refractivity contribution in [2.45, 2.75) is 37.0 Å². The Morgan fingerprint density at radius 2 is 1.79 bits per heavy atom. The zero-order valence-electron chi connectivity index (χ0n) is 16.0. The average Bonchev–Trinajstić information content (AvgIpc) is 2.68. The number of fused-ring (bicyclic) bond motifs is 1. The van der Waals surface area contributed by atoms with Gasteiger partial charge in [-0.2, -0.15) is 0 Å². The molecule has 0 unspecified atom stereocenters. The van der Waals surface area contributed by atoms with Crippen LogP contribution in [0.3, 0.4) is 0 Å². The smallest absolute Gasteiger partial charge is 0.319 e. The SMILES string of the molecule is Cc1ccc(S[C@H](C)C(=O)O[C@@H](C)C(=O)N2CC(=O)Nc3ccccc32)cc1. The van der Waals surface area contributed by atoms with E-state index >= 15 is 0 Å². The predicted molar refractivity (Wildman–Crippen MR) is 109 cm³/mol. The number of ether oxygens (including phenoxy) is 1. The Hall–Kier alpha value is -2.80. The molecule has 1 N–H and O–H groups in total. The molecule has 2 aromatic rings. The molecule has 2 atom stereocenters. The molecule has 7 heteroatoms. The van der Waals surface area contributed by atoms with Gasteiger partial charge in [0.05, 0.1) is 11.4 Å². The van der Waals surface area contributed by atoms with Crippen LogP contribution in [0.2, 0.25) is 0 Å². The second-order valence-corrected chi connectivity index (χ2v) is 8.06. The van der Waals surface area contributed by atoms with Crippen molar-refractivity contribution in [3.05, 3.63) is 54.1 Å². The fraction of sp³-hybridized carbons (Fsp3) is 0.286. The number of anilines is 2. The van der Waals surface area contributed by atoms with E-state index in [1.165, 1.54) is 23.6 Å². The quantitative estimate of drug-likeness (QED) is 0.617. The average molecular weight is 398 g/mol. The number of thioether (sulfide) groups is 1. The Bertz CT molecular complexity index is 898. The van der Waals surface area contributed by atoms with Crippen LogP contribution in [0.25, 0.3) is 0 Å². The molecule has 6 nitrogen and oxygen atoms in total. The molecule has 0 aliphatic carbocycles. The van der Waals surface area contributed by atoms with Crippen LogP contribution in [0.1, 0.15) is 19.4 Å². The molecular weight excluding hydrogens is 376 g/mol. The summed E-state index contributed by atoms with van der Waals surface area (Å²) in [4.78, 5) is 39.5. The molecule has 3 rings (SSSR count). The number of hydrogen-bond donors (Lipinski definition) is 1. The van der Waals surface area contributed by atoms with Crippen LogP contribution >= 0.6 is 11.8 Å². The van der Waals surface area contributed by atoms with Crippen molar-refractivity contribution >= 4 is 40.9 Å². The monoisotopic (exact) mass is 398 g/mol. The number of esters is 1. The number of nitrogens with zero attached hydrogens (tertiary/aromatic N) is 1. The molecule has 0 spiro atoms. The normalized spacial score (nSPS) is 15.2. The van der Waals surface area contributed by atoms with E-state index in [0.29, 0.717) is 11.4 Å². The number of benzene rings is 2. The largest absolute Gasteiger partial charge is 0.452 e. The van der Waals surface area contributed by atoms with E-state index in [1.54, 1.807) is 31.2 Å². The minimum Gasteiger partial charge on any atom is -0.452 e. The van der Waals surface area contributed by atoms with Crippen LogP contribution in [0.4, 0.5) is 11.4 Å². The van der Waals surface area contributed by atoms with Crippen LogP contribution in [0, 0.1) is 6.92 Å². The van der Waals surface area contributed by atoms with Crippen LogP contribution in [0.15, 0.2) is 53.4 Å². The van der Waals surface area contributed by atoms with E-state index in [4.69, 9.17) is 4.74 Å². The van der Waals surface area contributed by atoms with Gasteiger partial charge in [-0.05, 0) is 45.0 Å². The third-order valence-corrected chi connectivity index (χ3v) is 5.43. The fourth-order valence-electron chi connectivity index (χ4n) is 2.84. The summed E-state index contributed by atoms with van der Waals surface area (Å²) in [5, 5.41) is 2.27. The lowest BCUT2D eigenvalue weighted by Gasteiger charge is -2.31. The lowest BCUT2D eigenvalue weighted by atomic mass is 10.1. The van der Waals surface area contributed by atoms with Crippen LogP contribution in [0.5, 0.6) is 0 Å². The molecule has 0 aromatic heterocycles. The first-order valence-electron chi connectivity index (χ1n) is 8.99. The van der Waals surface area contributed by atoms with E-state index in [2.05, 4.69) is 5.32 Å². The molecule has 0 fully saturated rings. The van der Waals surface area contributed by atoms with Crippen LogP contribution in [-0.4, -0.2) is 35.7 Å². The molecule has 2 amide bonds. The van der Waals surface area contributed by atoms with Gasteiger partial charge in [0.25, 0.3) is 5.91 Å². The maximum atomic E-state index is 12.8. The maximum absolute atomic E-state index is 12.8. The van der Waals surface area contributed by atoms with Gasteiger partial charge in [-0.1, -0.05) is 29.8 Å². The summed E-state index contributed by atoms with van der Waals surface area (Å²) >= 11 is 1.38. The number of rotatable bonds is 5. The Morgan fingerprint density at radius 1 is 1.11 bits per heavy atom. The second-order valence-electron chi connectivity index (χ2n) is 6.64. The molecule has 0 radical (unpaired) electrons. The third-order valence-electron chi connectivity index (χ3n) is 4.34. The van der Waals surface area contributed by atoms with E-state index in [-0.39, 0.29) is 12.5 Å². The minimum absolute atomic E-state index is 0.106. The molecule has 0 bridgehead atoms. The molecule has 1 heterocycles. The first-order chi connectivity index (χ1) is 13.3. The van der Waals surface area contributed by atoms with Crippen molar-refractivity contribution in [2.24, 2.45) is 0 Å². The van der Waals surface area contributed by atoms with Crippen LogP contribution < -0.4 is 10.2 Å². The third kappa shape index (κ3) is 4.54. The van der Waals surface area contributed by atoms with Gasteiger partial charge in [0.15, 0.2) is 6.10 Å². The molecule has 146 valence electrons. The number of hydrogen-bond acceptors (Lipinski definition) is 5. The Labute approximate surface area is 168 Å². The first-order valence-corrected chi connectivity index (χ1v) is 9.87. The van der Waals surface area contributed by atoms with Crippen LogP contribution in [-0.2, 0) is 19.1 Å². The fourth-order valence-corrected chi connectivity index (χ4v) is 3.69. The summed E-state index contributed by atoms with van der Waals surface area (Å²) in [5.41, 5.74) is 2.30. The molecule has 0 saturated heterocycles. The van der Waals surface area contributed by atoms with Gasteiger partial charge in [0.1, 0.15) is 11.8 Å². The van der Waals surface area contributed by atoms with E-state index in [0.717, 1.165) is 10.5 Å². The van der Waals surface area contributed by atoms with Gasteiger partial charge < -0.3 is 10.1 Å². The van der Waals surface area contributed by atoms with Crippen molar-refractivity contribution in [3.8, 4) is 0 Å². The predicted octanol–water partition coefficient (Wildman–Crippen LogP) is 3.39. The second kappa shape index (κ2) is 8.48. The molecular formula is C21H22N2O4S. The summed E-state index contributed by atoms with van der Waals surface area (Å²) in [6.45, 7) is 5.16. The molecule has 1 aliphatic heterocycles. The summed E-state index contributed by atoms with van der Waals surface area (Å²) in [5.74, 6) is -1.18. The van der Waals surface area contributed by atoms with Crippen molar-refractivity contribution in [3.63, 3.8) is 0 Å². The van der Waals surface area contributed by atoms with E-state index in [9.17, 15) is 14.4 Å². The summed E-state index contributed by atoms with van der Waals surface area (Å²) < 4.78 is 5.39. The topological polar surface area (TPSA) is 75.7 Å². The highest BCUT2D eigenvalue weighted by Crippen LogP contribution is 2.30. The number of carbonyl (C=O) groups excluding carboxylic acids is 3. The summed E-state index contributed by atoms with van der Waals surface area (Å²) in [6.07, 6.45) is -0.993. The van der Waals surface area contributed by atoms with Gasteiger partial charge in [-0.25, -0.2) is 0 Å². The van der Waals surface area contributed by atoms with Gasteiger partial charge in [-0.15, -0.1) is 11.8 Å². The molecule has 0 saturated carbocycles. The first kappa shape index (κ1) is 19.9. The number of para-hydroxylation sites is 2. The number of carbonyl (C=O) groups is 3. The van der Waals surface area contributed by atoms with Gasteiger partial charge in [0.2, 0.25) is 5.91 Å². The van der Waals surface area contributed by atoms with Crippen molar-refractivity contribution < 1.29 is 19.1 Å². The van der Waals surface area contributed by atoms with Gasteiger partial charge in [0, 0.05) is 4.90 Å². The van der Waals surface area contributed by atoms with Gasteiger partial charge >= 0.3 is 5.97 Å². The zero-order chi connectivity index (χ0) is 20.3. The Balaban J connectivity index is 1.64. The highest BCUT2D eigenvalue weighted by Gasteiger charge is 2.32. The Kier molecular flexibility index (Phi) is 6.04. The van der Waals surface area contributed by atoms with Gasteiger partial charge in [-0.3, -0.25) is 19.3 Å². The van der Waals surface area contributed by atoms with E-state index < -0.39 is 23.2 Å². The highest BCUT2D eigenvalue weighted by molar-refractivity contribution is 8.00. The maximum Gasteiger partial charge on any atom is 0.319 e. The van der Waals surface area contributed by atoms with E-state index in [1.807, 2.05) is 31.2 Å². The minimum atomic E-state index is -0.993. The lowest BCUT2D eigenvalue weighted by molar-refractivity contribution is -0.153. The number of nitrogens with one attached hydrogen (secondary N) is 1. The summed E-state index contributed by atoms with van der Waals surface area (Å²) in [7, 11) is 0. The zero-order valence-corrected chi connectivity index (χ0v) is 16.8. The summed E-state index contributed by atoms with van der Waals surface area (Å²) in [6, 6.07) is 14.9.